The van der Waals surface area contributed by atoms with Gasteiger partial charge in [-0.3, -0.25) is 10.1 Å². The molecule has 3 heteroatoms. The molecule has 0 spiro atoms. The Labute approximate surface area is 98.9 Å². The highest BCUT2D eigenvalue weighted by molar-refractivity contribution is 5.82. The van der Waals surface area contributed by atoms with Crippen molar-refractivity contribution in [3.05, 3.63) is 0 Å². The molecule has 16 heavy (non-hydrogen) atoms. The largest absolute Gasteiger partial charge is 0.465 e. The zero-order valence-electron chi connectivity index (χ0n) is 11.2. The van der Waals surface area contributed by atoms with Gasteiger partial charge in [0, 0.05) is 6.04 Å². The maximum atomic E-state index is 12.0. The Bertz CT molecular complexity index is 242. The van der Waals surface area contributed by atoms with Gasteiger partial charge < -0.3 is 4.74 Å². The Morgan fingerprint density at radius 3 is 2.31 bits per heavy atom. The third kappa shape index (κ3) is 2.76. The van der Waals surface area contributed by atoms with Crippen molar-refractivity contribution in [2.45, 2.75) is 59.0 Å². The predicted molar refractivity (Wildman–Crippen MR) is 65.2 cm³/mol. The lowest BCUT2D eigenvalue weighted by Crippen LogP contribution is -2.63. The summed E-state index contributed by atoms with van der Waals surface area (Å²) in [6, 6.07) is 0.317. The van der Waals surface area contributed by atoms with Crippen LogP contribution < -0.4 is 5.32 Å². The second kappa shape index (κ2) is 5.17. The third-order valence-electron chi connectivity index (χ3n) is 3.40. The van der Waals surface area contributed by atoms with Crippen LogP contribution in [0.3, 0.4) is 0 Å². The summed E-state index contributed by atoms with van der Waals surface area (Å²) in [6.45, 7) is 10.9. The molecule has 0 aromatic carbocycles. The van der Waals surface area contributed by atoms with E-state index >= 15 is 0 Å². The van der Waals surface area contributed by atoms with E-state index in [2.05, 4.69) is 33.0 Å². The van der Waals surface area contributed by atoms with Gasteiger partial charge in [-0.05, 0) is 45.4 Å². The van der Waals surface area contributed by atoms with Crippen LogP contribution in [0, 0.1) is 11.8 Å². The van der Waals surface area contributed by atoms with Crippen molar-refractivity contribution in [1.29, 1.82) is 0 Å². The van der Waals surface area contributed by atoms with Gasteiger partial charge >= 0.3 is 5.97 Å². The van der Waals surface area contributed by atoms with E-state index in [4.69, 9.17) is 4.74 Å². The van der Waals surface area contributed by atoms with Gasteiger partial charge in [-0.1, -0.05) is 13.8 Å². The normalized spacial score (nSPS) is 29.3. The lowest BCUT2D eigenvalue weighted by atomic mass is 9.63. The molecule has 1 N–H and O–H groups in total. The molecule has 0 atom stereocenters. The number of rotatable bonds is 5. The third-order valence-corrected chi connectivity index (χ3v) is 3.40. The van der Waals surface area contributed by atoms with E-state index in [0.29, 0.717) is 24.5 Å². The van der Waals surface area contributed by atoms with Crippen LogP contribution in [0.4, 0.5) is 0 Å². The van der Waals surface area contributed by atoms with Gasteiger partial charge in [0.2, 0.25) is 0 Å². The predicted octanol–water partition coefficient (Wildman–Crippen LogP) is 2.35. The summed E-state index contributed by atoms with van der Waals surface area (Å²) in [5, 5.41) is 3.39. The highest BCUT2D eigenvalue weighted by Gasteiger charge is 2.52. The van der Waals surface area contributed by atoms with Gasteiger partial charge in [-0.15, -0.1) is 0 Å². The Morgan fingerprint density at radius 1 is 1.38 bits per heavy atom. The van der Waals surface area contributed by atoms with E-state index in [0.717, 1.165) is 12.8 Å². The second-order valence-corrected chi connectivity index (χ2v) is 5.51. The van der Waals surface area contributed by atoms with E-state index in [1.807, 2.05) is 6.92 Å². The minimum Gasteiger partial charge on any atom is -0.465 e. The van der Waals surface area contributed by atoms with Crippen LogP contribution in [0.1, 0.15) is 47.5 Å². The zero-order chi connectivity index (χ0) is 12.3. The Kier molecular flexibility index (Phi) is 4.36. The molecule has 1 aliphatic carbocycles. The van der Waals surface area contributed by atoms with Crippen molar-refractivity contribution < 1.29 is 9.53 Å². The minimum absolute atomic E-state index is 0.0689. The molecule has 0 saturated heterocycles. The molecule has 0 unspecified atom stereocenters. The average molecular weight is 227 g/mol. The van der Waals surface area contributed by atoms with Gasteiger partial charge in [-0.2, -0.15) is 0 Å². The minimum atomic E-state index is -0.404. The van der Waals surface area contributed by atoms with Gasteiger partial charge in [0.05, 0.1) is 6.61 Å². The van der Waals surface area contributed by atoms with Gasteiger partial charge in [0.15, 0.2) is 0 Å². The van der Waals surface area contributed by atoms with Crippen molar-refractivity contribution in [1.82, 2.24) is 5.32 Å². The first-order chi connectivity index (χ1) is 7.41. The fraction of sp³-hybridized carbons (Fsp3) is 0.923. The Hall–Kier alpha value is -0.570. The molecule has 0 heterocycles. The summed E-state index contributed by atoms with van der Waals surface area (Å²) in [5.74, 6) is 1.23. The van der Waals surface area contributed by atoms with Crippen LogP contribution in [0.25, 0.3) is 0 Å². The molecular formula is C13H25NO2. The SMILES string of the molecule is CCOC(=O)C1(NC(C)C)CC(C(C)C)C1. The molecule has 3 nitrogen and oxygen atoms in total. The fourth-order valence-corrected chi connectivity index (χ4v) is 2.47. The molecule has 0 amide bonds. The number of carbonyl (C=O) groups excluding carboxylic acids is 1. The molecule has 1 saturated carbocycles. The van der Waals surface area contributed by atoms with Gasteiger partial charge in [0.1, 0.15) is 5.54 Å². The summed E-state index contributed by atoms with van der Waals surface area (Å²) in [7, 11) is 0. The summed E-state index contributed by atoms with van der Waals surface area (Å²) in [6.07, 6.45) is 1.84. The molecule has 1 rings (SSSR count). The number of ether oxygens (including phenoxy) is 1. The first-order valence-corrected chi connectivity index (χ1v) is 6.36. The summed E-state index contributed by atoms with van der Waals surface area (Å²) < 4.78 is 5.18. The molecule has 1 fully saturated rings. The lowest BCUT2D eigenvalue weighted by Gasteiger charge is -2.48. The molecule has 0 aromatic heterocycles. The van der Waals surface area contributed by atoms with Crippen molar-refractivity contribution in [2.75, 3.05) is 6.61 Å². The van der Waals surface area contributed by atoms with Gasteiger partial charge in [-0.25, -0.2) is 0 Å². The molecule has 1 aliphatic rings. The van der Waals surface area contributed by atoms with Crippen LogP contribution in [-0.4, -0.2) is 24.2 Å². The van der Waals surface area contributed by atoms with Crippen molar-refractivity contribution in [3.63, 3.8) is 0 Å². The van der Waals surface area contributed by atoms with Crippen LogP contribution in [0.15, 0.2) is 0 Å². The maximum absolute atomic E-state index is 12.0. The van der Waals surface area contributed by atoms with E-state index in [1.54, 1.807) is 0 Å². The van der Waals surface area contributed by atoms with E-state index in [9.17, 15) is 4.79 Å². The van der Waals surface area contributed by atoms with E-state index < -0.39 is 5.54 Å². The zero-order valence-corrected chi connectivity index (χ0v) is 11.2. The van der Waals surface area contributed by atoms with Crippen molar-refractivity contribution in [2.24, 2.45) is 11.8 Å². The van der Waals surface area contributed by atoms with Crippen LogP contribution in [0.5, 0.6) is 0 Å². The van der Waals surface area contributed by atoms with Crippen molar-refractivity contribution in [3.8, 4) is 0 Å². The number of nitrogens with one attached hydrogen (secondary N) is 1. The molecule has 0 bridgehead atoms. The number of carbonyl (C=O) groups is 1. The smallest absolute Gasteiger partial charge is 0.326 e. The van der Waals surface area contributed by atoms with Crippen molar-refractivity contribution >= 4 is 5.97 Å². The molecule has 0 aliphatic heterocycles. The summed E-state index contributed by atoms with van der Waals surface area (Å²) in [5.41, 5.74) is -0.404. The number of hydrogen-bond acceptors (Lipinski definition) is 3. The molecule has 0 radical (unpaired) electrons. The quantitative estimate of drug-likeness (QED) is 0.733. The van der Waals surface area contributed by atoms with Crippen LogP contribution in [0.2, 0.25) is 0 Å². The lowest BCUT2D eigenvalue weighted by molar-refractivity contribution is -0.159. The topological polar surface area (TPSA) is 38.3 Å². The Balaban J connectivity index is 2.63. The first-order valence-electron chi connectivity index (χ1n) is 6.36. The fourth-order valence-electron chi connectivity index (χ4n) is 2.47. The second-order valence-electron chi connectivity index (χ2n) is 5.51. The maximum Gasteiger partial charge on any atom is 0.326 e. The summed E-state index contributed by atoms with van der Waals surface area (Å²) in [4.78, 5) is 12.0. The standard InChI is InChI=1S/C13H25NO2/c1-6-16-12(15)13(14-10(4)5)7-11(8-13)9(2)3/h9-11,14H,6-8H2,1-5H3. The Morgan fingerprint density at radius 2 is 1.94 bits per heavy atom. The monoisotopic (exact) mass is 227 g/mol. The van der Waals surface area contributed by atoms with Crippen LogP contribution in [-0.2, 0) is 9.53 Å². The van der Waals surface area contributed by atoms with E-state index in [1.165, 1.54) is 0 Å². The van der Waals surface area contributed by atoms with Crippen LogP contribution >= 0.6 is 0 Å². The molecule has 94 valence electrons. The highest BCUT2D eigenvalue weighted by Crippen LogP contribution is 2.43. The summed E-state index contributed by atoms with van der Waals surface area (Å²) >= 11 is 0. The number of hydrogen-bond donors (Lipinski definition) is 1. The highest BCUT2D eigenvalue weighted by atomic mass is 16.5. The molecular weight excluding hydrogens is 202 g/mol. The van der Waals surface area contributed by atoms with E-state index in [-0.39, 0.29) is 5.97 Å². The molecule has 0 aromatic rings. The first kappa shape index (κ1) is 13.5. The number of esters is 1. The average Bonchev–Trinajstić information content (AvgIpc) is 2.09. The van der Waals surface area contributed by atoms with Gasteiger partial charge in [0.25, 0.3) is 0 Å².